The molecule has 0 aromatic rings. The molecule has 6 heteroatoms. The van der Waals surface area contributed by atoms with E-state index in [0.717, 1.165) is 0 Å². The zero-order valence-corrected chi connectivity index (χ0v) is 6.82. The van der Waals surface area contributed by atoms with E-state index < -0.39 is 27.3 Å². The average Bonchev–Trinajstić information content (AvgIpc) is 1.85. The Kier molecular flexibility index (Phi) is 3.10. The molecule has 0 aromatic heterocycles. The lowest BCUT2D eigenvalue weighted by Gasteiger charge is -2.12. The highest BCUT2D eigenvalue weighted by atomic mass is 32.2. The van der Waals surface area contributed by atoms with Crippen molar-refractivity contribution < 1.29 is 22.9 Å². The number of hydrogen-bond acceptors (Lipinski definition) is 2. The number of halogens is 2. The van der Waals surface area contributed by atoms with Crippen LogP contribution in [-0.4, -0.2) is 25.8 Å². The summed E-state index contributed by atoms with van der Waals surface area (Å²) in [6.07, 6.45) is 0. The molecule has 0 saturated carbocycles. The average molecular weight is 186 g/mol. The van der Waals surface area contributed by atoms with Gasteiger partial charge in [0.25, 0.3) is 0 Å². The first-order chi connectivity index (χ1) is 4.80. The minimum atomic E-state index is -4.13. The first-order valence-corrected chi connectivity index (χ1v) is 4.03. The van der Waals surface area contributed by atoms with E-state index in [9.17, 15) is 17.8 Å². The second-order valence-corrected chi connectivity index (χ2v) is 4.22. The van der Waals surface area contributed by atoms with Crippen LogP contribution >= 0.6 is 0 Å². The van der Waals surface area contributed by atoms with Gasteiger partial charge in [0.1, 0.15) is 10.8 Å². The predicted molar refractivity (Wildman–Crippen MR) is 35.9 cm³/mol. The maximum atomic E-state index is 12.3. The van der Waals surface area contributed by atoms with Crippen LogP contribution in [0.2, 0.25) is 0 Å². The van der Waals surface area contributed by atoms with Gasteiger partial charge in [0, 0.05) is 5.25 Å². The van der Waals surface area contributed by atoms with Gasteiger partial charge in [-0.3, -0.25) is 4.21 Å². The molecular formula is C5H8F2O3S. The summed E-state index contributed by atoms with van der Waals surface area (Å²) in [6, 6.07) is 0. The van der Waals surface area contributed by atoms with Crippen molar-refractivity contribution in [1.82, 2.24) is 0 Å². The van der Waals surface area contributed by atoms with Gasteiger partial charge in [-0.2, -0.15) is 8.78 Å². The summed E-state index contributed by atoms with van der Waals surface area (Å²) in [5.41, 5.74) is 0. The summed E-state index contributed by atoms with van der Waals surface area (Å²) in [7, 11) is -2.65. The Balaban J connectivity index is 4.56. The van der Waals surface area contributed by atoms with Crippen molar-refractivity contribution in [2.24, 2.45) is 0 Å². The minimum absolute atomic E-state index is 0.860. The van der Waals surface area contributed by atoms with Gasteiger partial charge in [-0.1, -0.05) is 13.8 Å². The predicted octanol–water partition coefficient (Wildman–Crippen LogP) is 0.821. The topological polar surface area (TPSA) is 54.4 Å². The van der Waals surface area contributed by atoms with Gasteiger partial charge in [-0.05, 0) is 0 Å². The van der Waals surface area contributed by atoms with Crippen LogP contribution in [0.5, 0.6) is 0 Å². The number of hydrogen-bond donors (Lipinski definition) is 1. The van der Waals surface area contributed by atoms with Gasteiger partial charge in [0.2, 0.25) is 0 Å². The maximum absolute atomic E-state index is 12.3. The maximum Gasteiger partial charge on any atom is 0.415 e. The van der Waals surface area contributed by atoms with E-state index in [0.29, 0.717) is 0 Å². The molecule has 11 heavy (non-hydrogen) atoms. The standard InChI is InChI=1S/C5H8F2O3S/c1-3(2)11(10)5(6,7)4(8)9/h3H,1-2H3,(H,8,9)/t11-/m1/s1. The molecule has 0 saturated heterocycles. The van der Waals surface area contributed by atoms with Crippen molar-refractivity contribution in [2.75, 3.05) is 0 Å². The highest BCUT2D eigenvalue weighted by Crippen LogP contribution is 2.21. The third-order valence-electron chi connectivity index (χ3n) is 0.930. The highest BCUT2D eigenvalue weighted by molar-refractivity contribution is 7.87. The zero-order valence-electron chi connectivity index (χ0n) is 6.01. The number of carbonyl (C=O) groups is 1. The summed E-state index contributed by atoms with van der Waals surface area (Å²) < 4.78 is 35.2. The Morgan fingerprint density at radius 1 is 1.55 bits per heavy atom. The normalized spacial score (nSPS) is 15.0. The number of carboxylic acids is 1. The van der Waals surface area contributed by atoms with Crippen molar-refractivity contribution in [3.63, 3.8) is 0 Å². The Hall–Kier alpha value is -0.520. The molecule has 0 heterocycles. The van der Waals surface area contributed by atoms with Gasteiger partial charge < -0.3 is 5.11 Å². The molecule has 0 rings (SSSR count). The van der Waals surface area contributed by atoms with E-state index in [2.05, 4.69) is 0 Å². The lowest BCUT2D eigenvalue weighted by atomic mass is 10.6. The molecule has 3 nitrogen and oxygen atoms in total. The smallest absolute Gasteiger partial charge is 0.415 e. The summed E-state index contributed by atoms with van der Waals surface area (Å²) in [5, 5.41) is 2.93. The van der Waals surface area contributed by atoms with Crippen LogP contribution in [-0.2, 0) is 15.6 Å². The Bertz CT molecular complexity index is 190. The Morgan fingerprint density at radius 3 is 2.00 bits per heavy atom. The quantitative estimate of drug-likeness (QED) is 0.710. The molecule has 0 spiro atoms. The fourth-order valence-electron chi connectivity index (χ4n) is 0.382. The number of rotatable bonds is 3. The highest BCUT2D eigenvalue weighted by Gasteiger charge is 2.47. The van der Waals surface area contributed by atoms with Crippen LogP contribution in [0.4, 0.5) is 8.78 Å². The van der Waals surface area contributed by atoms with E-state index in [-0.39, 0.29) is 0 Å². The van der Waals surface area contributed by atoms with Crippen molar-refractivity contribution in [3.05, 3.63) is 0 Å². The molecule has 0 fully saturated rings. The molecular weight excluding hydrogens is 178 g/mol. The Morgan fingerprint density at radius 2 is 1.91 bits per heavy atom. The van der Waals surface area contributed by atoms with E-state index in [1.165, 1.54) is 13.8 Å². The zero-order chi connectivity index (χ0) is 9.23. The Labute approximate surface area is 64.9 Å². The first kappa shape index (κ1) is 10.5. The molecule has 0 amide bonds. The SMILES string of the molecule is CC(C)[S@@](=O)C(F)(F)C(=O)O. The van der Waals surface area contributed by atoms with Crippen LogP contribution in [0.1, 0.15) is 13.8 Å². The number of aliphatic carboxylic acids is 1. The molecule has 0 radical (unpaired) electrons. The lowest BCUT2D eigenvalue weighted by Crippen LogP contribution is -2.37. The minimum Gasteiger partial charge on any atom is -0.476 e. The van der Waals surface area contributed by atoms with Gasteiger partial charge in [-0.25, -0.2) is 4.79 Å². The van der Waals surface area contributed by atoms with Crippen LogP contribution in [0, 0.1) is 0 Å². The van der Waals surface area contributed by atoms with Crippen molar-refractivity contribution in [3.8, 4) is 0 Å². The fourth-order valence-corrected chi connectivity index (χ4v) is 1.15. The summed E-state index contributed by atoms with van der Waals surface area (Å²) in [4.78, 5) is 9.82. The molecule has 0 aliphatic heterocycles. The second-order valence-electron chi connectivity index (χ2n) is 2.17. The van der Waals surface area contributed by atoms with Crippen molar-refractivity contribution >= 4 is 16.8 Å². The van der Waals surface area contributed by atoms with E-state index in [1.807, 2.05) is 0 Å². The largest absolute Gasteiger partial charge is 0.476 e. The van der Waals surface area contributed by atoms with E-state index >= 15 is 0 Å². The van der Waals surface area contributed by atoms with Crippen LogP contribution in [0.25, 0.3) is 0 Å². The van der Waals surface area contributed by atoms with Crippen LogP contribution in [0.3, 0.4) is 0 Å². The lowest BCUT2D eigenvalue weighted by molar-refractivity contribution is -0.153. The molecule has 0 unspecified atom stereocenters. The fraction of sp³-hybridized carbons (Fsp3) is 0.800. The van der Waals surface area contributed by atoms with Gasteiger partial charge in [0.15, 0.2) is 0 Å². The molecule has 1 N–H and O–H groups in total. The third-order valence-corrected chi connectivity index (χ3v) is 2.47. The number of alkyl halides is 2. The monoisotopic (exact) mass is 186 g/mol. The van der Waals surface area contributed by atoms with Crippen LogP contribution in [0.15, 0.2) is 0 Å². The van der Waals surface area contributed by atoms with E-state index in [4.69, 9.17) is 5.11 Å². The third kappa shape index (κ3) is 2.21. The van der Waals surface area contributed by atoms with Crippen LogP contribution < -0.4 is 0 Å². The molecule has 0 bridgehead atoms. The molecule has 0 aromatic carbocycles. The van der Waals surface area contributed by atoms with Crippen molar-refractivity contribution in [1.29, 1.82) is 0 Å². The second kappa shape index (κ2) is 3.25. The molecule has 1 atom stereocenters. The molecule has 0 aliphatic carbocycles. The van der Waals surface area contributed by atoms with Crippen molar-refractivity contribution in [2.45, 2.75) is 24.4 Å². The first-order valence-electron chi connectivity index (χ1n) is 2.82. The molecule has 0 aliphatic rings. The number of carboxylic acid groups (broad SMARTS) is 1. The molecule has 66 valence electrons. The van der Waals surface area contributed by atoms with Gasteiger partial charge in [0.05, 0.1) is 0 Å². The summed E-state index contributed by atoms with van der Waals surface area (Å²) in [6.45, 7) is 2.54. The summed E-state index contributed by atoms with van der Waals surface area (Å²) in [5.74, 6) is -2.34. The van der Waals surface area contributed by atoms with E-state index in [1.54, 1.807) is 0 Å². The summed E-state index contributed by atoms with van der Waals surface area (Å²) >= 11 is 0. The van der Waals surface area contributed by atoms with Gasteiger partial charge in [-0.15, -0.1) is 0 Å². The van der Waals surface area contributed by atoms with Gasteiger partial charge >= 0.3 is 11.2 Å².